The Kier molecular flexibility index (Phi) is 3.33. The Balaban J connectivity index is 2.35. The molecule has 0 radical (unpaired) electrons. The maximum Gasteiger partial charge on any atom is 0.193 e. The summed E-state index contributed by atoms with van der Waals surface area (Å²) in [6.07, 6.45) is -1.06. The van der Waals surface area contributed by atoms with Crippen LogP contribution in [0.5, 0.6) is 0 Å². The van der Waals surface area contributed by atoms with Crippen molar-refractivity contribution in [2.75, 3.05) is 0 Å². The maximum atomic E-state index is 13.2. The molecule has 0 heterocycles. The van der Waals surface area contributed by atoms with Crippen LogP contribution >= 0.6 is 0 Å². The van der Waals surface area contributed by atoms with Gasteiger partial charge in [-0.25, -0.2) is 4.39 Å². The molecule has 0 amide bonds. The molecule has 0 spiro atoms. The second-order valence-electron chi connectivity index (χ2n) is 3.94. The second-order valence-corrected chi connectivity index (χ2v) is 3.94. The Morgan fingerprint density at radius 2 is 1.65 bits per heavy atom. The molecule has 2 aromatic carbocycles. The maximum absolute atomic E-state index is 13.2. The van der Waals surface area contributed by atoms with Gasteiger partial charge in [0.15, 0.2) is 5.78 Å². The molecule has 0 aliphatic carbocycles. The van der Waals surface area contributed by atoms with Crippen LogP contribution in [-0.2, 0) is 0 Å². The van der Waals surface area contributed by atoms with Crippen molar-refractivity contribution in [1.29, 1.82) is 0 Å². The highest BCUT2D eigenvalue weighted by Crippen LogP contribution is 2.19. The Morgan fingerprint density at radius 3 is 2.29 bits per heavy atom. The molecule has 2 rings (SSSR count). The van der Waals surface area contributed by atoms with E-state index in [0.717, 1.165) is 0 Å². The lowest BCUT2D eigenvalue weighted by Gasteiger charge is -2.05. The van der Waals surface area contributed by atoms with E-state index in [-0.39, 0.29) is 5.78 Å². The van der Waals surface area contributed by atoms with Gasteiger partial charge in [0.25, 0.3) is 0 Å². The molecular weight excluding hydrogens is 215 g/mol. The molecule has 1 unspecified atom stereocenters. The minimum absolute atomic E-state index is 0.0758. The summed E-state index contributed by atoms with van der Waals surface area (Å²) in [5, 5.41) is 0. The number of halogens is 1. The van der Waals surface area contributed by atoms with Crippen LogP contribution in [0.1, 0.15) is 34.6 Å². The first-order valence-electron chi connectivity index (χ1n) is 5.52. The quantitative estimate of drug-likeness (QED) is 0.727. The van der Waals surface area contributed by atoms with Crippen molar-refractivity contribution in [3.8, 4) is 0 Å². The summed E-state index contributed by atoms with van der Waals surface area (Å²) in [5.74, 6) is -0.0758. The normalized spacial score (nSPS) is 12.1. The van der Waals surface area contributed by atoms with Gasteiger partial charge in [0, 0.05) is 11.1 Å². The van der Waals surface area contributed by atoms with Crippen LogP contribution in [0.4, 0.5) is 4.39 Å². The average Bonchev–Trinajstić information content (AvgIpc) is 2.39. The zero-order valence-electron chi connectivity index (χ0n) is 9.56. The highest BCUT2D eigenvalue weighted by atomic mass is 19.1. The summed E-state index contributed by atoms with van der Waals surface area (Å²) in [6.45, 7) is 1.46. The summed E-state index contributed by atoms with van der Waals surface area (Å²) in [7, 11) is 0. The highest BCUT2D eigenvalue weighted by molar-refractivity contribution is 6.09. The number of benzene rings is 2. The van der Waals surface area contributed by atoms with Gasteiger partial charge in [-0.05, 0) is 18.6 Å². The molecule has 0 N–H and O–H groups in total. The fourth-order valence-electron chi connectivity index (χ4n) is 1.68. The number of carbonyl (C=O) groups excluding carboxylic acids is 1. The first-order valence-corrected chi connectivity index (χ1v) is 5.52. The van der Waals surface area contributed by atoms with Crippen LogP contribution in [-0.4, -0.2) is 5.78 Å². The Bertz CT molecular complexity index is 517. The first-order chi connectivity index (χ1) is 8.18. The molecule has 2 heteroatoms. The van der Waals surface area contributed by atoms with E-state index < -0.39 is 6.17 Å². The number of hydrogen-bond donors (Lipinski definition) is 0. The Labute approximate surface area is 99.9 Å². The van der Waals surface area contributed by atoms with Gasteiger partial charge in [-0.15, -0.1) is 0 Å². The Morgan fingerprint density at radius 1 is 1.00 bits per heavy atom. The molecular formula is C15H13FO. The van der Waals surface area contributed by atoms with Gasteiger partial charge in [0.05, 0.1) is 0 Å². The zero-order valence-corrected chi connectivity index (χ0v) is 9.56. The van der Waals surface area contributed by atoms with E-state index >= 15 is 0 Å². The molecule has 0 aliphatic heterocycles. The monoisotopic (exact) mass is 228 g/mol. The molecule has 0 saturated heterocycles. The van der Waals surface area contributed by atoms with Crippen molar-refractivity contribution in [3.63, 3.8) is 0 Å². The highest BCUT2D eigenvalue weighted by Gasteiger charge is 2.10. The summed E-state index contributed by atoms with van der Waals surface area (Å²) in [5.41, 5.74) is 1.68. The zero-order chi connectivity index (χ0) is 12.3. The van der Waals surface area contributed by atoms with E-state index in [2.05, 4.69) is 0 Å². The topological polar surface area (TPSA) is 17.1 Å². The number of ketones is 1. The van der Waals surface area contributed by atoms with Crippen molar-refractivity contribution in [1.82, 2.24) is 0 Å². The van der Waals surface area contributed by atoms with Gasteiger partial charge in [-0.2, -0.15) is 0 Å². The van der Waals surface area contributed by atoms with Crippen molar-refractivity contribution in [2.45, 2.75) is 13.1 Å². The summed E-state index contributed by atoms with van der Waals surface area (Å²) in [6, 6.07) is 15.7. The van der Waals surface area contributed by atoms with Gasteiger partial charge in [-0.1, -0.05) is 48.5 Å². The van der Waals surface area contributed by atoms with E-state index in [1.807, 2.05) is 18.2 Å². The van der Waals surface area contributed by atoms with E-state index in [1.165, 1.54) is 6.92 Å². The molecule has 17 heavy (non-hydrogen) atoms. The lowest BCUT2D eigenvalue weighted by atomic mass is 10.0. The summed E-state index contributed by atoms with van der Waals surface area (Å²) < 4.78 is 13.2. The standard InChI is InChI=1S/C15H13FO/c1-11(16)13-8-5-9-14(10-13)15(17)12-6-3-2-4-7-12/h2-11H,1H3. The van der Waals surface area contributed by atoms with Crippen molar-refractivity contribution in [3.05, 3.63) is 71.3 Å². The number of carbonyl (C=O) groups is 1. The average molecular weight is 228 g/mol. The SMILES string of the molecule is CC(F)c1cccc(C(=O)c2ccccc2)c1. The minimum Gasteiger partial charge on any atom is -0.289 e. The molecule has 2 aromatic rings. The Hall–Kier alpha value is -1.96. The largest absolute Gasteiger partial charge is 0.289 e. The molecule has 86 valence electrons. The van der Waals surface area contributed by atoms with Gasteiger partial charge in [0.2, 0.25) is 0 Å². The number of alkyl halides is 1. The fraction of sp³-hybridized carbons (Fsp3) is 0.133. The molecule has 0 saturated carbocycles. The van der Waals surface area contributed by atoms with Gasteiger partial charge >= 0.3 is 0 Å². The predicted molar refractivity (Wildman–Crippen MR) is 65.8 cm³/mol. The predicted octanol–water partition coefficient (Wildman–Crippen LogP) is 3.95. The summed E-state index contributed by atoms with van der Waals surface area (Å²) >= 11 is 0. The lowest BCUT2D eigenvalue weighted by molar-refractivity contribution is 0.103. The van der Waals surface area contributed by atoms with Crippen LogP contribution in [0.3, 0.4) is 0 Å². The lowest BCUT2D eigenvalue weighted by Crippen LogP contribution is -2.01. The van der Waals surface area contributed by atoms with Crippen LogP contribution in [0.25, 0.3) is 0 Å². The van der Waals surface area contributed by atoms with Crippen LogP contribution in [0, 0.1) is 0 Å². The third kappa shape index (κ3) is 2.59. The second kappa shape index (κ2) is 4.91. The molecule has 0 aromatic heterocycles. The van der Waals surface area contributed by atoms with Crippen LogP contribution in [0.2, 0.25) is 0 Å². The third-order valence-electron chi connectivity index (χ3n) is 2.64. The molecule has 1 nitrogen and oxygen atoms in total. The van der Waals surface area contributed by atoms with E-state index in [1.54, 1.807) is 36.4 Å². The van der Waals surface area contributed by atoms with E-state index in [4.69, 9.17) is 0 Å². The smallest absolute Gasteiger partial charge is 0.193 e. The van der Waals surface area contributed by atoms with Gasteiger partial charge in [-0.3, -0.25) is 4.79 Å². The van der Waals surface area contributed by atoms with Gasteiger partial charge in [0.1, 0.15) is 6.17 Å². The van der Waals surface area contributed by atoms with Crippen molar-refractivity contribution >= 4 is 5.78 Å². The number of rotatable bonds is 3. The van der Waals surface area contributed by atoms with E-state index in [9.17, 15) is 9.18 Å². The van der Waals surface area contributed by atoms with E-state index in [0.29, 0.717) is 16.7 Å². The molecule has 0 fully saturated rings. The third-order valence-corrected chi connectivity index (χ3v) is 2.64. The van der Waals surface area contributed by atoms with Gasteiger partial charge < -0.3 is 0 Å². The molecule has 0 aliphatic rings. The molecule has 1 atom stereocenters. The fourth-order valence-corrected chi connectivity index (χ4v) is 1.68. The van der Waals surface area contributed by atoms with Crippen molar-refractivity contribution in [2.24, 2.45) is 0 Å². The summed E-state index contributed by atoms with van der Waals surface area (Å²) in [4.78, 5) is 12.1. The van der Waals surface area contributed by atoms with Crippen LogP contribution < -0.4 is 0 Å². The first kappa shape index (κ1) is 11.5. The van der Waals surface area contributed by atoms with Crippen molar-refractivity contribution < 1.29 is 9.18 Å². The molecule has 0 bridgehead atoms. The van der Waals surface area contributed by atoms with Crippen LogP contribution in [0.15, 0.2) is 54.6 Å². The minimum atomic E-state index is -1.06. The number of hydrogen-bond acceptors (Lipinski definition) is 1.